The van der Waals surface area contributed by atoms with Gasteiger partial charge in [-0.15, -0.1) is 0 Å². The average Bonchev–Trinajstić information content (AvgIpc) is 3.33. The zero-order valence-electron chi connectivity index (χ0n) is 18.6. The van der Waals surface area contributed by atoms with Crippen LogP contribution in [0.4, 0.5) is 5.13 Å². The number of carbonyl (C=O) groups is 3. The van der Waals surface area contributed by atoms with Gasteiger partial charge < -0.3 is 14.9 Å². The van der Waals surface area contributed by atoms with Crippen LogP contribution in [0.2, 0.25) is 0 Å². The number of carbonyl (C=O) groups excluding carboxylic acids is 3. The van der Waals surface area contributed by atoms with Gasteiger partial charge in [0.25, 0.3) is 5.78 Å². The highest BCUT2D eigenvalue weighted by Gasteiger charge is 2.48. The number of phenolic OH excluding ortho intramolecular Hbond substituents is 1. The van der Waals surface area contributed by atoms with Crippen molar-refractivity contribution in [1.29, 1.82) is 0 Å². The summed E-state index contributed by atoms with van der Waals surface area (Å²) in [5.74, 6) is -2.33. The first kappa shape index (κ1) is 23.1. The van der Waals surface area contributed by atoms with Crippen molar-refractivity contribution >= 4 is 39.7 Å². The predicted molar refractivity (Wildman–Crippen MR) is 125 cm³/mol. The molecule has 1 saturated heterocycles. The molecule has 1 aliphatic rings. The summed E-state index contributed by atoms with van der Waals surface area (Å²) in [5.41, 5.74) is 0.999. The number of phenols is 1. The highest BCUT2D eigenvalue weighted by molar-refractivity contribution is 7.18. The maximum Gasteiger partial charge on any atom is 0.301 e. The maximum atomic E-state index is 13.2. The second-order valence-electron chi connectivity index (χ2n) is 7.53. The number of benzene rings is 1. The number of aliphatic hydroxyl groups is 1. The van der Waals surface area contributed by atoms with Crippen molar-refractivity contribution in [3.63, 3.8) is 0 Å². The number of hydrogen-bond donors (Lipinski definition) is 2. The third-order valence-corrected chi connectivity index (χ3v) is 6.57. The van der Waals surface area contributed by atoms with Crippen LogP contribution in [0, 0.1) is 6.92 Å². The number of anilines is 1. The van der Waals surface area contributed by atoms with Crippen LogP contribution >= 0.6 is 11.3 Å². The minimum atomic E-state index is -1.07. The molecule has 1 amide bonds. The van der Waals surface area contributed by atoms with E-state index in [1.54, 1.807) is 13.8 Å². The fourth-order valence-corrected chi connectivity index (χ4v) is 4.78. The number of aromatic nitrogens is 2. The van der Waals surface area contributed by atoms with Crippen LogP contribution in [0.1, 0.15) is 46.4 Å². The van der Waals surface area contributed by atoms with Crippen LogP contribution in [0.5, 0.6) is 11.5 Å². The molecule has 3 aromatic rings. The molecule has 10 heteroatoms. The van der Waals surface area contributed by atoms with Gasteiger partial charge in [-0.1, -0.05) is 17.4 Å². The van der Waals surface area contributed by atoms with Crippen molar-refractivity contribution in [3.05, 3.63) is 70.0 Å². The lowest BCUT2D eigenvalue weighted by atomic mass is 9.95. The van der Waals surface area contributed by atoms with Crippen LogP contribution < -0.4 is 9.64 Å². The lowest BCUT2D eigenvalue weighted by Gasteiger charge is -2.23. The Labute approximate surface area is 199 Å². The van der Waals surface area contributed by atoms with Crippen molar-refractivity contribution in [2.45, 2.75) is 26.8 Å². The SMILES string of the molecule is CCOc1cc(C2C(=C(O)c3ccncc3)C(=O)C(=O)N2c2nc(C)c(C(C)=O)s2)ccc1O. The number of aryl methyl sites for hydroxylation is 1. The number of aliphatic hydroxyl groups excluding tert-OH is 1. The van der Waals surface area contributed by atoms with Gasteiger partial charge in [0.2, 0.25) is 0 Å². The van der Waals surface area contributed by atoms with Gasteiger partial charge >= 0.3 is 5.91 Å². The molecule has 0 bridgehead atoms. The molecule has 9 nitrogen and oxygen atoms in total. The van der Waals surface area contributed by atoms with Crippen molar-refractivity contribution < 1.29 is 29.3 Å². The van der Waals surface area contributed by atoms with Crippen LogP contribution in [-0.2, 0) is 9.59 Å². The topological polar surface area (TPSA) is 130 Å². The molecule has 1 aliphatic heterocycles. The van der Waals surface area contributed by atoms with Gasteiger partial charge in [0.1, 0.15) is 5.76 Å². The molecule has 2 aromatic heterocycles. The number of hydrogen-bond acceptors (Lipinski definition) is 9. The van der Waals surface area contributed by atoms with E-state index >= 15 is 0 Å². The highest BCUT2D eigenvalue weighted by Crippen LogP contribution is 2.45. The Morgan fingerprint density at radius 2 is 1.91 bits per heavy atom. The summed E-state index contributed by atoms with van der Waals surface area (Å²) in [6.45, 7) is 5.08. The van der Waals surface area contributed by atoms with E-state index in [2.05, 4.69) is 9.97 Å². The number of pyridine rings is 1. The second-order valence-corrected chi connectivity index (χ2v) is 8.51. The first-order valence-corrected chi connectivity index (χ1v) is 11.2. The lowest BCUT2D eigenvalue weighted by Crippen LogP contribution is -2.29. The number of ketones is 2. The minimum Gasteiger partial charge on any atom is -0.507 e. The lowest BCUT2D eigenvalue weighted by molar-refractivity contribution is -0.132. The smallest absolute Gasteiger partial charge is 0.301 e. The largest absolute Gasteiger partial charge is 0.507 e. The Balaban J connectivity index is 1.97. The summed E-state index contributed by atoms with van der Waals surface area (Å²) in [4.78, 5) is 48.2. The second kappa shape index (κ2) is 9.06. The normalized spacial score (nSPS) is 17.3. The number of nitrogens with zero attached hydrogens (tertiary/aromatic N) is 3. The number of ether oxygens (including phenoxy) is 1. The zero-order valence-corrected chi connectivity index (χ0v) is 19.4. The fraction of sp³-hybridized carbons (Fsp3) is 0.208. The van der Waals surface area contributed by atoms with E-state index in [1.807, 2.05) is 0 Å². The first-order chi connectivity index (χ1) is 16.2. The fourth-order valence-electron chi connectivity index (χ4n) is 3.79. The highest BCUT2D eigenvalue weighted by atomic mass is 32.1. The molecule has 34 heavy (non-hydrogen) atoms. The van der Waals surface area contributed by atoms with Crippen LogP contribution in [0.3, 0.4) is 0 Å². The molecule has 0 saturated carbocycles. The van der Waals surface area contributed by atoms with Gasteiger partial charge in [-0.3, -0.25) is 24.3 Å². The Hall–Kier alpha value is -4.05. The van der Waals surface area contributed by atoms with Crippen LogP contribution in [0.25, 0.3) is 5.76 Å². The molecule has 3 heterocycles. The van der Waals surface area contributed by atoms with E-state index in [4.69, 9.17) is 4.74 Å². The summed E-state index contributed by atoms with van der Waals surface area (Å²) in [6, 6.07) is 6.40. The summed E-state index contributed by atoms with van der Waals surface area (Å²) < 4.78 is 5.48. The molecule has 0 spiro atoms. The molecule has 174 valence electrons. The van der Waals surface area contributed by atoms with Gasteiger partial charge in [-0.25, -0.2) is 4.98 Å². The van der Waals surface area contributed by atoms with Crippen LogP contribution in [0.15, 0.2) is 48.3 Å². The molecule has 0 aliphatic carbocycles. The van der Waals surface area contributed by atoms with E-state index in [0.29, 0.717) is 21.7 Å². The molecule has 1 aromatic carbocycles. The summed E-state index contributed by atoms with van der Waals surface area (Å²) in [6.07, 6.45) is 2.91. The Bertz CT molecular complexity index is 1330. The van der Waals surface area contributed by atoms with Gasteiger partial charge in [0, 0.05) is 24.9 Å². The van der Waals surface area contributed by atoms with E-state index < -0.39 is 17.7 Å². The Morgan fingerprint density at radius 1 is 1.21 bits per heavy atom. The third kappa shape index (κ3) is 3.92. The number of amides is 1. The molecule has 1 fully saturated rings. The zero-order chi connectivity index (χ0) is 24.6. The summed E-state index contributed by atoms with van der Waals surface area (Å²) in [5, 5.41) is 21.4. The molecule has 1 unspecified atom stereocenters. The molecule has 2 N–H and O–H groups in total. The molecular formula is C24H21N3O6S. The van der Waals surface area contributed by atoms with Gasteiger partial charge in [-0.05, 0) is 43.7 Å². The van der Waals surface area contributed by atoms with Crippen molar-refractivity contribution in [2.24, 2.45) is 0 Å². The number of thiazole rings is 1. The summed E-state index contributed by atoms with van der Waals surface area (Å²) >= 11 is 0.994. The predicted octanol–water partition coefficient (Wildman–Crippen LogP) is 3.78. The maximum absolute atomic E-state index is 13.2. The van der Waals surface area contributed by atoms with E-state index in [-0.39, 0.29) is 40.4 Å². The van der Waals surface area contributed by atoms with E-state index in [0.717, 1.165) is 11.3 Å². The van der Waals surface area contributed by atoms with Gasteiger partial charge in [0.15, 0.2) is 22.4 Å². The molecule has 4 rings (SSSR count). The number of rotatable bonds is 6. The quantitative estimate of drug-likeness (QED) is 0.236. The molecular weight excluding hydrogens is 458 g/mol. The molecule has 0 radical (unpaired) electrons. The van der Waals surface area contributed by atoms with Crippen molar-refractivity contribution in [2.75, 3.05) is 11.5 Å². The number of Topliss-reactive ketones (excluding diaryl/α,β-unsaturated/α-hetero) is 2. The van der Waals surface area contributed by atoms with Crippen LogP contribution in [-0.4, -0.2) is 44.3 Å². The standard InChI is InChI=1S/C24H21N3O6S/c1-4-33-17-11-15(5-6-16(17)29)19-18(20(30)14-7-9-25-10-8-14)21(31)23(32)27(19)24-26-12(2)22(34-24)13(3)28/h5-11,19,29-30H,4H2,1-3H3. The Morgan fingerprint density at radius 3 is 2.53 bits per heavy atom. The monoisotopic (exact) mass is 479 g/mol. The van der Waals surface area contributed by atoms with E-state index in [9.17, 15) is 24.6 Å². The van der Waals surface area contributed by atoms with Gasteiger partial charge in [-0.2, -0.15) is 0 Å². The minimum absolute atomic E-state index is 0.111. The van der Waals surface area contributed by atoms with Crippen molar-refractivity contribution in [3.8, 4) is 11.5 Å². The van der Waals surface area contributed by atoms with E-state index in [1.165, 1.54) is 54.5 Å². The summed E-state index contributed by atoms with van der Waals surface area (Å²) in [7, 11) is 0. The molecule has 1 atom stereocenters. The Kier molecular flexibility index (Phi) is 6.16. The van der Waals surface area contributed by atoms with Gasteiger partial charge in [0.05, 0.1) is 28.8 Å². The number of aromatic hydroxyl groups is 1. The first-order valence-electron chi connectivity index (χ1n) is 10.4. The average molecular weight is 480 g/mol. The van der Waals surface area contributed by atoms with Crippen molar-refractivity contribution in [1.82, 2.24) is 9.97 Å². The third-order valence-electron chi connectivity index (χ3n) is 5.31.